The molecule has 1 fully saturated rings. The van der Waals surface area contributed by atoms with E-state index in [2.05, 4.69) is 15.3 Å². The molecule has 4 rings (SSSR count). The van der Waals surface area contributed by atoms with Crippen LogP contribution >= 0.6 is 11.6 Å². The average molecular weight is 488 g/mol. The third-order valence-corrected chi connectivity index (χ3v) is 6.35. The predicted octanol–water partition coefficient (Wildman–Crippen LogP) is 2.63. The summed E-state index contributed by atoms with van der Waals surface area (Å²) in [5.74, 6) is -0.422. The highest BCUT2D eigenvalue weighted by Crippen LogP contribution is 2.33. The summed E-state index contributed by atoms with van der Waals surface area (Å²) < 4.78 is 5.93. The fourth-order valence-corrected chi connectivity index (χ4v) is 4.67. The quantitative estimate of drug-likeness (QED) is 0.472. The van der Waals surface area contributed by atoms with Gasteiger partial charge < -0.3 is 25.0 Å². The van der Waals surface area contributed by atoms with Crippen molar-refractivity contribution in [1.29, 1.82) is 0 Å². The largest absolute Gasteiger partial charge is 0.395 e. The van der Waals surface area contributed by atoms with Gasteiger partial charge in [-0.2, -0.15) is 0 Å². The summed E-state index contributed by atoms with van der Waals surface area (Å²) in [4.78, 5) is 37.2. The first-order valence-electron chi connectivity index (χ1n) is 11.3. The zero-order valence-corrected chi connectivity index (χ0v) is 20.4. The standard InChI is InChI=1S/C24H30ClN5O4/c1-4-29(7-8-31)21(32)12-30-14-24(2,3)34-13-20(30)23(33)28-18-10-15(25)9-17-16-5-6-26-11-19(16)27-22(17)18/h5-6,9-11,20,27,31H,4,7-8,12-14H2,1-3H3,(H,28,33)/t20-/m0/s1. The second kappa shape index (κ2) is 9.87. The second-order valence-corrected chi connectivity index (χ2v) is 9.54. The number of halogens is 1. The number of morpholine rings is 1. The van der Waals surface area contributed by atoms with Crippen LogP contribution in [0.5, 0.6) is 0 Å². The number of hydrogen-bond acceptors (Lipinski definition) is 6. The number of nitrogens with one attached hydrogen (secondary N) is 2. The monoisotopic (exact) mass is 487 g/mol. The summed E-state index contributed by atoms with van der Waals surface area (Å²) >= 11 is 6.38. The smallest absolute Gasteiger partial charge is 0.244 e. The van der Waals surface area contributed by atoms with Crippen LogP contribution < -0.4 is 5.32 Å². The molecule has 9 nitrogen and oxygen atoms in total. The van der Waals surface area contributed by atoms with Gasteiger partial charge in [0.15, 0.2) is 0 Å². The van der Waals surface area contributed by atoms with Crippen LogP contribution in [-0.2, 0) is 14.3 Å². The molecule has 1 aromatic carbocycles. The Morgan fingerprint density at radius 1 is 1.38 bits per heavy atom. The Bertz CT molecular complexity index is 1210. The lowest BCUT2D eigenvalue weighted by Gasteiger charge is -2.43. The molecule has 0 bridgehead atoms. The van der Waals surface area contributed by atoms with Crippen molar-refractivity contribution in [2.75, 3.05) is 44.7 Å². The van der Waals surface area contributed by atoms with E-state index in [0.717, 1.165) is 21.8 Å². The van der Waals surface area contributed by atoms with Gasteiger partial charge in [-0.1, -0.05) is 11.6 Å². The first-order chi connectivity index (χ1) is 16.2. The molecule has 10 heteroatoms. The minimum absolute atomic E-state index is 0.0573. The zero-order chi connectivity index (χ0) is 24.5. The number of aliphatic hydroxyl groups excluding tert-OH is 1. The number of likely N-dealkylation sites (N-methyl/N-ethyl adjacent to an activating group) is 1. The second-order valence-electron chi connectivity index (χ2n) is 9.10. The van der Waals surface area contributed by atoms with E-state index < -0.39 is 11.6 Å². The molecule has 3 heterocycles. The summed E-state index contributed by atoms with van der Waals surface area (Å²) in [6.45, 7) is 6.99. The summed E-state index contributed by atoms with van der Waals surface area (Å²) in [5, 5.41) is 14.6. The van der Waals surface area contributed by atoms with Gasteiger partial charge in [0.1, 0.15) is 6.04 Å². The van der Waals surface area contributed by atoms with Gasteiger partial charge in [0.25, 0.3) is 0 Å². The molecule has 0 radical (unpaired) electrons. The summed E-state index contributed by atoms with van der Waals surface area (Å²) in [7, 11) is 0. The number of rotatable bonds is 7. The highest BCUT2D eigenvalue weighted by molar-refractivity contribution is 6.33. The van der Waals surface area contributed by atoms with Crippen molar-refractivity contribution in [3.8, 4) is 0 Å². The normalized spacial score (nSPS) is 18.3. The van der Waals surface area contributed by atoms with E-state index in [1.54, 1.807) is 23.4 Å². The first-order valence-corrected chi connectivity index (χ1v) is 11.7. The molecule has 182 valence electrons. The molecule has 3 aromatic rings. The molecule has 0 aliphatic carbocycles. The number of nitrogens with zero attached hydrogens (tertiary/aromatic N) is 3. The Labute approximate surface area is 203 Å². The number of aromatic amines is 1. The van der Waals surface area contributed by atoms with Crippen LogP contribution in [0.3, 0.4) is 0 Å². The maximum atomic E-state index is 13.4. The van der Waals surface area contributed by atoms with Crippen LogP contribution in [0.4, 0.5) is 5.69 Å². The Kier molecular flexibility index (Phi) is 7.09. The predicted molar refractivity (Wildman–Crippen MR) is 132 cm³/mol. The van der Waals surface area contributed by atoms with Crippen molar-refractivity contribution >= 4 is 50.9 Å². The number of aromatic nitrogens is 2. The van der Waals surface area contributed by atoms with Crippen LogP contribution in [0.2, 0.25) is 5.02 Å². The maximum Gasteiger partial charge on any atom is 0.244 e. The van der Waals surface area contributed by atoms with Gasteiger partial charge in [0.2, 0.25) is 11.8 Å². The lowest BCUT2D eigenvalue weighted by atomic mass is 10.0. The number of amides is 2. The molecule has 0 saturated carbocycles. The van der Waals surface area contributed by atoms with Crippen molar-refractivity contribution in [3.05, 3.63) is 35.6 Å². The molecule has 1 atom stereocenters. The van der Waals surface area contributed by atoms with Crippen LogP contribution in [-0.4, -0.2) is 87.7 Å². The van der Waals surface area contributed by atoms with E-state index in [9.17, 15) is 14.7 Å². The number of carbonyl (C=O) groups excluding carboxylic acids is 2. The Morgan fingerprint density at radius 2 is 2.18 bits per heavy atom. The Balaban J connectivity index is 1.60. The average Bonchev–Trinajstić information content (AvgIpc) is 3.15. The maximum absolute atomic E-state index is 13.4. The molecule has 0 unspecified atom stereocenters. The molecule has 2 aromatic heterocycles. The molecule has 1 saturated heterocycles. The molecule has 1 aliphatic heterocycles. The SMILES string of the molecule is CCN(CCO)C(=O)CN1CC(C)(C)OC[C@H]1C(=O)Nc1cc(Cl)cc2c1[nH]c1cnccc12. The summed E-state index contributed by atoms with van der Waals surface area (Å²) in [5.41, 5.74) is 1.64. The van der Waals surface area contributed by atoms with Gasteiger partial charge in [-0.25, -0.2) is 0 Å². The van der Waals surface area contributed by atoms with Crippen LogP contribution in [0.1, 0.15) is 20.8 Å². The van der Waals surface area contributed by atoms with Gasteiger partial charge in [-0.05, 0) is 39.0 Å². The van der Waals surface area contributed by atoms with Crippen LogP contribution in [0.25, 0.3) is 21.8 Å². The summed E-state index contributed by atoms with van der Waals surface area (Å²) in [6.07, 6.45) is 3.44. The van der Waals surface area contributed by atoms with Gasteiger partial charge in [-0.3, -0.25) is 19.5 Å². The number of benzene rings is 1. The van der Waals surface area contributed by atoms with Gasteiger partial charge in [0.05, 0.1) is 48.3 Å². The number of carbonyl (C=O) groups is 2. The van der Waals surface area contributed by atoms with Crippen LogP contribution in [0, 0.1) is 0 Å². The number of aliphatic hydroxyl groups is 1. The molecule has 1 aliphatic rings. The molecular formula is C24H30ClN5O4. The lowest BCUT2D eigenvalue weighted by Crippen LogP contribution is -2.60. The summed E-state index contributed by atoms with van der Waals surface area (Å²) in [6, 6.07) is 4.79. The molecule has 3 N–H and O–H groups in total. The number of fused-ring (bicyclic) bond motifs is 3. The van der Waals surface area contributed by atoms with Crippen molar-refractivity contribution in [1.82, 2.24) is 19.8 Å². The Morgan fingerprint density at radius 3 is 2.91 bits per heavy atom. The highest BCUT2D eigenvalue weighted by Gasteiger charge is 2.39. The third-order valence-electron chi connectivity index (χ3n) is 6.13. The Hall–Kier alpha value is -2.72. The number of anilines is 1. The molecule has 0 spiro atoms. The fourth-order valence-electron chi connectivity index (χ4n) is 4.45. The van der Waals surface area contributed by atoms with Crippen molar-refractivity contribution in [2.45, 2.75) is 32.4 Å². The molecular weight excluding hydrogens is 458 g/mol. The van der Waals surface area contributed by atoms with E-state index in [0.29, 0.717) is 23.8 Å². The van der Waals surface area contributed by atoms with E-state index in [1.807, 2.05) is 37.8 Å². The number of hydrogen-bond donors (Lipinski definition) is 3. The fraction of sp³-hybridized carbons (Fsp3) is 0.458. The first kappa shape index (κ1) is 24.4. The number of pyridine rings is 1. The van der Waals surface area contributed by atoms with Gasteiger partial charge >= 0.3 is 0 Å². The lowest BCUT2D eigenvalue weighted by molar-refractivity contribution is -0.150. The van der Waals surface area contributed by atoms with Gasteiger partial charge in [0, 0.05) is 41.6 Å². The third kappa shape index (κ3) is 5.02. The molecule has 34 heavy (non-hydrogen) atoms. The van der Waals surface area contributed by atoms with E-state index in [1.165, 1.54) is 0 Å². The zero-order valence-electron chi connectivity index (χ0n) is 19.6. The highest BCUT2D eigenvalue weighted by atomic mass is 35.5. The van der Waals surface area contributed by atoms with Gasteiger partial charge in [-0.15, -0.1) is 0 Å². The van der Waals surface area contributed by atoms with Crippen molar-refractivity contribution in [2.24, 2.45) is 0 Å². The number of H-pyrrole nitrogens is 1. The van der Waals surface area contributed by atoms with E-state index in [4.69, 9.17) is 16.3 Å². The topological polar surface area (TPSA) is 111 Å². The van der Waals surface area contributed by atoms with E-state index >= 15 is 0 Å². The molecule has 2 amide bonds. The minimum Gasteiger partial charge on any atom is -0.395 e. The minimum atomic E-state index is -0.662. The van der Waals surface area contributed by atoms with E-state index in [-0.39, 0.29) is 38.1 Å². The van der Waals surface area contributed by atoms with Crippen molar-refractivity contribution < 1.29 is 19.4 Å². The van der Waals surface area contributed by atoms with Crippen LogP contribution in [0.15, 0.2) is 30.6 Å². The van der Waals surface area contributed by atoms with Crippen molar-refractivity contribution in [3.63, 3.8) is 0 Å². The number of ether oxygens (including phenoxy) is 1.